The first-order valence-corrected chi connectivity index (χ1v) is 11.1. The van der Waals surface area contributed by atoms with E-state index >= 15 is 0 Å². The smallest absolute Gasteiger partial charge is 0.191 e. The number of nitrogens with one attached hydrogen (secondary N) is 2. The van der Waals surface area contributed by atoms with Gasteiger partial charge in [-0.25, -0.2) is 4.99 Å². The van der Waals surface area contributed by atoms with E-state index in [0.29, 0.717) is 6.54 Å². The molecule has 3 aromatic rings. The van der Waals surface area contributed by atoms with Gasteiger partial charge in [0.1, 0.15) is 23.6 Å². The Kier molecular flexibility index (Phi) is 7.63. The number of hydrogen-bond acceptors (Lipinski definition) is 5. The molecule has 166 valence electrons. The first kappa shape index (κ1) is 21.5. The van der Waals surface area contributed by atoms with Gasteiger partial charge in [0.2, 0.25) is 0 Å². The fraction of sp³-hybridized carbons (Fsp3) is 0.458. The number of guanidine groups is 1. The van der Waals surface area contributed by atoms with E-state index in [1.807, 2.05) is 30.3 Å². The lowest BCUT2D eigenvalue weighted by Gasteiger charge is -2.26. The van der Waals surface area contributed by atoms with Crippen LogP contribution in [-0.4, -0.2) is 56.8 Å². The molecule has 1 fully saturated rings. The van der Waals surface area contributed by atoms with Gasteiger partial charge < -0.3 is 24.2 Å². The van der Waals surface area contributed by atoms with E-state index in [2.05, 4.69) is 28.5 Å². The minimum Gasteiger partial charge on any atom is -0.469 e. The molecule has 0 bridgehead atoms. The third kappa shape index (κ3) is 6.12. The number of aliphatic imine (C=N–C) groups is 1. The van der Waals surface area contributed by atoms with Crippen molar-refractivity contribution in [2.24, 2.45) is 4.99 Å². The Hall–Kier alpha value is -2.77. The molecule has 1 aromatic carbocycles. The average Bonchev–Trinajstić information content (AvgIpc) is 3.43. The van der Waals surface area contributed by atoms with Crippen molar-refractivity contribution in [2.45, 2.75) is 26.3 Å². The van der Waals surface area contributed by atoms with Gasteiger partial charge in [0.25, 0.3) is 0 Å². The number of benzene rings is 1. The van der Waals surface area contributed by atoms with Crippen LogP contribution in [0.3, 0.4) is 0 Å². The Morgan fingerprint density at radius 1 is 1.06 bits per heavy atom. The van der Waals surface area contributed by atoms with E-state index in [9.17, 15) is 0 Å². The Morgan fingerprint density at radius 3 is 2.71 bits per heavy atom. The minimum atomic E-state index is 0.500. The van der Waals surface area contributed by atoms with Crippen LogP contribution in [0.5, 0.6) is 0 Å². The molecule has 7 nitrogen and oxygen atoms in total. The summed E-state index contributed by atoms with van der Waals surface area (Å²) in [6.07, 6.45) is 3.58. The molecule has 0 atom stereocenters. The number of nitrogens with zero attached hydrogens (tertiary/aromatic N) is 2. The fourth-order valence-electron chi connectivity index (χ4n) is 3.79. The van der Waals surface area contributed by atoms with Gasteiger partial charge in [-0.2, -0.15) is 0 Å². The summed E-state index contributed by atoms with van der Waals surface area (Å²) in [6.45, 7) is 9.00. The number of aryl methyl sites for hydroxylation is 1. The van der Waals surface area contributed by atoms with Crippen LogP contribution in [0.15, 0.2) is 56.5 Å². The molecule has 3 heterocycles. The maximum absolute atomic E-state index is 6.02. The third-order valence-corrected chi connectivity index (χ3v) is 5.61. The van der Waals surface area contributed by atoms with Crippen molar-refractivity contribution in [3.05, 3.63) is 59.7 Å². The Morgan fingerprint density at radius 2 is 1.90 bits per heavy atom. The number of morpholine rings is 1. The number of furan rings is 2. The number of para-hydroxylation sites is 1. The van der Waals surface area contributed by atoms with Crippen molar-refractivity contribution in [3.8, 4) is 0 Å². The summed E-state index contributed by atoms with van der Waals surface area (Å²) in [6, 6.07) is 12.0. The molecule has 7 heteroatoms. The first-order valence-electron chi connectivity index (χ1n) is 11.1. The van der Waals surface area contributed by atoms with Crippen LogP contribution >= 0.6 is 0 Å². The van der Waals surface area contributed by atoms with Crippen molar-refractivity contribution in [1.82, 2.24) is 15.5 Å². The van der Waals surface area contributed by atoms with E-state index < -0.39 is 0 Å². The lowest BCUT2D eigenvalue weighted by Crippen LogP contribution is -2.41. The summed E-state index contributed by atoms with van der Waals surface area (Å²) in [4.78, 5) is 7.24. The van der Waals surface area contributed by atoms with Gasteiger partial charge in [0, 0.05) is 43.5 Å². The quantitative estimate of drug-likeness (QED) is 0.312. The molecule has 0 spiro atoms. The second-order valence-corrected chi connectivity index (χ2v) is 7.80. The van der Waals surface area contributed by atoms with Crippen LogP contribution in [0.2, 0.25) is 0 Å². The molecule has 1 aliphatic rings. The van der Waals surface area contributed by atoms with E-state index in [-0.39, 0.29) is 0 Å². The zero-order chi connectivity index (χ0) is 21.3. The maximum Gasteiger partial charge on any atom is 0.191 e. The zero-order valence-corrected chi connectivity index (χ0v) is 18.2. The van der Waals surface area contributed by atoms with Crippen molar-refractivity contribution < 1.29 is 13.6 Å². The molecule has 0 aliphatic carbocycles. The Balaban J connectivity index is 1.33. The molecule has 0 radical (unpaired) electrons. The predicted octanol–water partition coefficient (Wildman–Crippen LogP) is 3.33. The molecule has 2 aromatic heterocycles. The molecule has 0 amide bonds. The van der Waals surface area contributed by atoms with E-state index in [4.69, 9.17) is 18.6 Å². The highest BCUT2D eigenvalue weighted by atomic mass is 16.5. The van der Waals surface area contributed by atoms with Crippen molar-refractivity contribution >= 4 is 16.9 Å². The van der Waals surface area contributed by atoms with Crippen LogP contribution in [0.1, 0.15) is 23.5 Å². The van der Waals surface area contributed by atoms with Crippen molar-refractivity contribution in [1.29, 1.82) is 0 Å². The molecule has 0 unspecified atom stereocenters. The lowest BCUT2D eigenvalue weighted by molar-refractivity contribution is 0.0376. The van der Waals surface area contributed by atoms with Crippen LogP contribution < -0.4 is 10.6 Å². The van der Waals surface area contributed by atoms with Crippen LogP contribution in [0, 0.1) is 6.92 Å². The molecule has 1 aliphatic heterocycles. The van der Waals surface area contributed by atoms with Crippen LogP contribution in [0.4, 0.5) is 0 Å². The number of rotatable bonds is 9. The Labute approximate surface area is 183 Å². The highest BCUT2D eigenvalue weighted by Crippen LogP contribution is 2.25. The van der Waals surface area contributed by atoms with Gasteiger partial charge in [0.15, 0.2) is 5.96 Å². The fourth-order valence-corrected chi connectivity index (χ4v) is 3.79. The topological polar surface area (TPSA) is 75.2 Å². The summed E-state index contributed by atoms with van der Waals surface area (Å²) in [5, 5.41) is 8.05. The summed E-state index contributed by atoms with van der Waals surface area (Å²) >= 11 is 0. The van der Waals surface area contributed by atoms with Crippen molar-refractivity contribution in [3.63, 3.8) is 0 Å². The molecule has 0 saturated carbocycles. The van der Waals surface area contributed by atoms with E-state index in [1.165, 1.54) is 0 Å². The second kappa shape index (κ2) is 11.0. The van der Waals surface area contributed by atoms with Gasteiger partial charge in [0.05, 0.1) is 19.5 Å². The van der Waals surface area contributed by atoms with Gasteiger partial charge in [-0.1, -0.05) is 18.2 Å². The van der Waals surface area contributed by atoms with Gasteiger partial charge >= 0.3 is 0 Å². The molecule has 2 N–H and O–H groups in total. The second-order valence-electron chi connectivity index (χ2n) is 7.80. The largest absolute Gasteiger partial charge is 0.469 e. The van der Waals surface area contributed by atoms with E-state index in [0.717, 1.165) is 92.8 Å². The monoisotopic (exact) mass is 424 g/mol. The SMILES string of the molecule is Cc1c(CN=C(NCCCN2CCOCC2)NCCc2ccco2)oc2ccccc12. The maximum atomic E-state index is 6.02. The van der Waals surface area contributed by atoms with E-state index in [1.54, 1.807) is 6.26 Å². The summed E-state index contributed by atoms with van der Waals surface area (Å²) in [7, 11) is 0. The van der Waals surface area contributed by atoms with Gasteiger partial charge in [-0.3, -0.25) is 4.90 Å². The number of ether oxygens (including phenoxy) is 1. The van der Waals surface area contributed by atoms with Crippen molar-refractivity contribution in [2.75, 3.05) is 45.9 Å². The molecule has 4 rings (SSSR count). The summed E-state index contributed by atoms with van der Waals surface area (Å²) in [5.74, 6) is 2.67. The normalized spacial score (nSPS) is 15.5. The summed E-state index contributed by atoms with van der Waals surface area (Å²) < 4.78 is 16.9. The standard InChI is InChI=1S/C24H32N4O3/c1-19-21-7-2-3-8-22(21)31-23(19)18-27-24(26-11-9-20-6-4-15-30-20)25-10-5-12-28-13-16-29-17-14-28/h2-4,6-8,15H,5,9-14,16-18H2,1H3,(H2,25,26,27). The lowest BCUT2D eigenvalue weighted by atomic mass is 10.1. The number of hydrogen-bond donors (Lipinski definition) is 2. The van der Waals surface area contributed by atoms with Gasteiger partial charge in [-0.05, 0) is 38.1 Å². The highest BCUT2D eigenvalue weighted by Gasteiger charge is 2.11. The summed E-state index contributed by atoms with van der Waals surface area (Å²) in [5.41, 5.74) is 2.07. The molecule has 31 heavy (non-hydrogen) atoms. The predicted molar refractivity (Wildman–Crippen MR) is 122 cm³/mol. The molecule has 1 saturated heterocycles. The first-order chi connectivity index (χ1) is 15.3. The molecular weight excluding hydrogens is 392 g/mol. The zero-order valence-electron chi connectivity index (χ0n) is 18.2. The third-order valence-electron chi connectivity index (χ3n) is 5.61. The minimum absolute atomic E-state index is 0.500. The van der Waals surface area contributed by atoms with Gasteiger partial charge in [-0.15, -0.1) is 0 Å². The van der Waals surface area contributed by atoms with Crippen LogP contribution in [0.25, 0.3) is 11.0 Å². The highest BCUT2D eigenvalue weighted by molar-refractivity contribution is 5.82. The number of fused-ring (bicyclic) bond motifs is 1. The van der Waals surface area contributed by atoms with Crippen LogP contribution in [-0.2, 0) is 17.7 Å². The molecular formula is C24H32N4O3. The average molecular weight is 425 g/mol. The Bertz CT molecular complexity index is 959.